The Morgan fingerprint density at radius 3 is 2.71 bits per heavy atom. The van der Waals surface area contributed by atoms with Gasteiger partial charge in [0.2, 0.25) is 12.7 Å². The lowest BCUT2D eigenvalue weighted by molar-refractivity contribution is -0.112. The molecule has 8 heteroatoms. The van der Waals surface area contributed by atoms with Crippen molar-refractivity contribution in [2.75, 3.05) is 12.1 Å². The van der Waals surface area contributed by atoms with E-state index < -0.39 is 5.91 Å². The van der Waals surface area contributed by atoms with Crippen molar-refractivity contribution in [3.05, 3.63) is 66.3 Å². The van der Waals surface area contributed by atoms with Crippen LogP contribution in [0.3, 0.4) is 0 Å². The number of hydrogen-bond acceptors (Lipinski definition) is 7. The van der Waals surface area contributed by atoms with Gasteiger partial charge in [0, 0.05) is 11.6 Å². The second kappa shape index (κ2) is 7.67. The molecule has 8 nitrogen and oxygen atoms in total. The zero-order valence-corrected chi connectivity index (χ0v) is 14.5. The van der Waals surface area contributed by atoms with E-state index in [1.807, 2.05) is 24.3 Å². The third-order valence-electron chi connectivity index (χ3n) is 3.81. The Balaban J connectivity index is 1.33. The number of carbonyl (C=O) groups is 1. The second-order valence-electron chi connectivity index (χ2n) is 5.78. The molecule has 0 saturated carbocycles. The van der Waals surface area contributed by atoms with Crippen molar-refractivity contribution in [1.82, 2.24) is 10.2 Å². The molecule has 1 aliphatic heterocycles. The van der Waals surface area contributed by atoms with E-state index >= 15 is 0 Å². The van der Waals surface area contributed by atoms with Gasteiger partial charge in [-0.2, -0.15) is 0 Å². The SMILES string of the molecule is O=C(/C=C/C=C/c1ccc2c(c1)OCO2)Nc1nnc(-c2ccc(O)cc2)o1. The highest BCUT2D eigenvalue weighted by atomic mass is 16.7. The number of nitrogens with one attached hydrogen (secondary N) is 1. The van der Waals surface area contributed by atoms with E-state index in [-0.39, 0.29) is 24.4 Å². The van der Waals surface area contributed by atoms with Gasteiger partial charge in [0.25, 0.3) is 5.91 Å². The second-order valence-corrected chi connectivity index (χ2v) is 5.78. The lowest BCUT2D eigenvalue weighted by Crippen LogP contribution is -2.07. The molecule has 1 aliphatic rings. The standard InChI is InChI=1S/C20H15N3O5/c24-15-8-6-14(7-9-15)19-22-23-20(28-19)21-18(25)4-2-1-3-13-5-10-16-17(11-13)27-12-26-16/h1-11,24H,12H2,(H,21,23,25)/b3-1+,4-2+. The van der Waals surface area contributed by atoms with Gasteiger partial charge in [0.15, 0.2) is 11.5 Å². The van der Waals surface area contributed by atoms with Crippen LogP contribution in [0.25, 0.3) is 17.5 Å². The van der Waals surface area contributed by atoms with E-state index in [1.165, 1.54) is 18.2 Å². The molecule has 0 aliphatic carbocycles. The quantitative estimate of drug-likeness (QED) is 0.518. The van der Waals surface area contributed by atoms with E-state index in [9.17, 15) is 9.90 Å². The molecule has 28 heavy (non-hydrogen) atoms. The minimum absolute atomic E-state index is 0.0162. The Kier molecular flexibility index (Phi) is 4.75. The minimum atomic E-state index is -0.406. The van der Waals surface area contributed by atoms with Crippen LogP contribution in [0.5, 0.6) is 17.2 Å². The highest BCUT2D eigenvalue weighted by Gasteiger charge is 2.12. The summed E-state index contributed by atoms with van der Waals surface area (Å²) in [4.78, 5) is 11.9. The van der Waals surface area contributed by atoms with E-state index in [4.69, 9.17) is 13.9 Å². The minimum Gasteiger partial charge on any atom is -0.508 e. The number of hydrogen-bond donors (Lipinski definition) is 2. The van der Waals surface area contributed by atoms with Crippen LogP contribution in [-0.4, -0.2) is 28.0 Å². The number of ether oxygens (including phenoxy) is 2. The fraction of sp³-hybridized carbons (Fsp3) is 0.0500. The number of phenols is 1. The molecule has 140 valence electrons. The van der Waals surface area contributed by atoms with Crippen LogP contribution < -0.4 is 14.8 Å². The summed E-state index contributed by atoms with van der Waals surface area (Å²) in [6.45, 7) is 0.229. The first-order valence-corrected chi connectivity index (χ1v) is 8.36. The Morgan fingerprint density at radius 1 is 1.04 bits per heavy atom. The average Bonchev–Trinajstić information content (AvgIpc) is 3.35. The molecule has 0 radical (unpaired) electrons. The summed E-state index contributed by atoms with van der Waals surface area (Å²) in [5.74, 6) is 1.39. The Labute approximate surface area is 159 Å². The molecule has 0 fully saturated rings. The van der Waals surface area contributed by atoms with Crippen LogP contribution in [0.2, 0.25) is 0 Å². The maximum absolute atomic E-state index is 11.9. The normalized spacial score (nSPS) is 12.7. The summed E-state index contributed by atoms with van der Waals surface area (Å²) in [6.07, 6.45) is 6.50. The molecular formula is C20H15N3O5. The number of allylic oxidation sites excluding steroid dienone is 2. The van der Waals surface area contributed by atoms with Gasteiger partial charge in [-0.25, -0.2) is 0 Å². The predicted octanol–water partition coefficient (Wildman–Crippen LogP) is 3.38. The summed E-state index contributed by atoms with van der Waals surface area (Å²) in [5.41, 5.74) is 1.55. The summed E-state index contributed by atoms with van der Waals surface area (Å²) in [5, 5.41) is 19.4. The van der Waals surface area contributed by atoms with E-state index in [0.717, 1.165) is 11.3 Å². The molecule has 0 unspecified atom stereocenters. The largest absolute Gasteiger partial charge is 0.508 e. The molecular weight excluding hydrogens is 362 g/mol. The number of aromatic hydroxyl groups is 1. The smallest absolute Gasteiger partial charge is 0.322 e. The van der Waals surface area contributed by atoms with Gasteiger partial charge in [0.1, 0.15) is 5.75 Å². The number of rotatable bonds is 5. The van der Waals surface area contributed by atoms with Gasteiger partial charge in [-0.15, -0.1) is 5.10 Å². The number of aromatic nitrogens is 2. The summed E-state index contributed by atoms with van der Waals surface area (Å²) >= 11 is 0. The monoisotopic (exact) mass is 377 g/mol. The first kappa shape index (κ1) is 17.3. The lowest BCUT2D eigenvalue weighted by Gasteiger charge is -1.97. The first-order valence-electron chi connectivity index (χ1n) is 8.36. The summed E-state index contributed by atoms with van der Waals surface area (Å²) < 4.78 is 16.0. The highest BCUT2D eigenvalue weighted by molar-refractivity contribution is 5.98. The molecule has 0 atom stereocenters. The number of carbonyl (C=O) groups excluding carboxylic acids is 1. The molecule has 0 bridgehead atoms. The van der Waals surface area contributed by atoms with E-state index in [0.29, 0.717) is 11.3 Å². The molecule has 2 heterocycles. The van der Waals surface area contributed by atoms with Crippen molar-refractivity contribution in [1.29, 1.82) is 0 Å². The van der Waals surface area contributed by atoms with Crippen LogP contribution in [0, 0.1) is 0 Å². The number of nitrogens with zero attached hydrogens (tertiary/aromatic N) is 2. The number of anilines is 1. The van der Waals surface area contributed by atoms with Crippen molar-refractivity contribution in [3.63, 3.8) is 0 Å². The van der Waals surface area contributed by atoms with Gasteiger partial charge in [-0.3, -0.25) is 10.1 Å². The van der Waals surface area contributed by atoms with Gasteiger partial charge < -0.3 is 19.0 Å². The van der Waals surface area contributed by atoms with Crippen LogP contribution in [0.15, 0.2) is 65.1 Å². The zero-order valence-electron chi connectivity index (χ0n) is 14.5. The predicted molar refractivity (Wildman–Crippen MR) is 101 cm³/mol. The maximum Gasteiger partial charge on any atom is 0.322 e. The van der Waals surface area contributed by atoms with Gasteiger partial charge in [-0.05, 0) is 42.0 Å². The van der Waals surface area contributed by atoms with Crippen molar-refractivity contribution in [2.45, 2.75) is 0 Å². The molecule has 1 amide bonds. The van der Waals surface area contributed by atoms with Crippen LogP contribution in [0.1, 0.15) is 5.56 Å². The van der Waals surface area contributed by atoms with Crippen LogP contribution in [-0.2, 0) is 4.79 Å². The Bertz CT molecular complexity index is 1050. The summed E-state index contributed by atoms with van der Waals surface area (Å²) in [6, 6.07) is 11.8. The third kappa shape index (κ3) is 4.01. The Morgan fingerprint density at radius 2 is 1.86 bits per heavy atom. The average molecular weight is 377 g/mol. The third-order valence-corrected chi connectivity index (χ3v) is 3.81. The molecule has 4 rings (SSSR count). The van der Waals surface area contributed by atoms with Gasteiger partial charge in [-0.1, -0.05) is 29.4 Å². The topological polar surface area (TPSA) is 107 Å². The van der Waals surface area contributed by atoms with Crippen molar-refractivity contribution < 1.29 is 23.8 Å². The van der Waals surface area contributed by atoms with E-state index in [1.54, 1.807) is 24.3 Å². The number of benzene rings is 2. The molecule has 3 aromatic rings. The van der Waals surface area contributed by atoms with Crippen molar-refractivity contribution in [3.8, 4) is 28.7 Å². The zero-order chi connectivity index (χ0) is 19.3. The summed E-state index contributed by atoms with van der Waals surface area (Å²) in [7, 11) is 0. The van der Waals surface area contributed by atoms with E-state index in [2.05, 4.69) is 15.5 Å². The fourth-order valence-corrected chi connectivity index (χ4v) is 2.47. The highest BCUT2D eigenvalue weighted by Crippen LogP contribution is 2.32. The molecule has 0 saturated heterocycles. The maximum atomic E-state index is 11.9. The van der Waals surface area contributed by atoms with Crippen molar-refractivity contribution >= 4 is 18.0 Å². The van der Waals surface area contributed by atoms with Gasteiger partial charge >= 0.3 is 6.01 Å². The number of phenolic OH excluding ortho intramolecular Hbond substituents is 1. The molecule has 1 aromatic heterocycles. The molecule has 2 N–H and O–H groups in total. The molecule has 2 aromatic carbocycles. The van der Waals surface area contributed by atoms with Gasteiger partial charge in [0.05, 0.1) is 0 Å². The lowest BCUT2D eigenvalue weighted by atomic mass is 10.2. The number of amides is 1. The van der Waals surface area contributed by atoms with Crippen LogP contribution >= 0.6 is 0 Å². The first-order chi connectivity index (χ1) is 13.7. The van der Waals surface area contributed by atoms with Crippen LogP contribution in [0.4, 0.5) is 6.01 Å². The Hall–Kier alpha value is -4.07. The number of fused-ring (bicyclic) bond motifs is 1. The fourth-order valence-electron chi connectivity index (χ4n) is 2.47. The van der Waals surface area contributed by atoms with Crippen molar-refractivity contribution in [2.24, 2.45) is 0 Å². The molecule has 0 spiro atoms.